The molecule has 3 aliphatic heterocycles. The lowest BCUT2D eigenvalue weighted by atomic mass is 10.0. The average Bonchev–Trinajstić information content (AvgIpc) is 3.28. The number of nitrogens with one attached hydrogen (secondary N) is 1. The molecule has 1 aromatic heterocycles. The average molecular weight is 474 g/mol. The second-order valence-electron chi connectivity index (χ2n) is 9.84. The van der Waals surface area contributed by atoms with E-state index in [-0.39, 0.29) is 0 Å². The van der Waals surface area contributed by atoms with Crippen LogP contribution in [0.1, 0.15) is 41.6 Å². The van der Waals surface area contributed by atoms with Crippen molar-refractivity contribution < 1.29 is 4.74 Å². The molecule has 0 saturated carbocycles. The third kappa shape index (κ3) is 4.92. The summed E-state index contributed by atoms with van der Waals surface area (Å²) in [7, 11) is 2.16. The first kappa shape index (κ1) is 23.4. The molecule has 0 amide bonds. The Morgan fingerprint density at radius 2 is 2.09 bits per heavy atom. The second kappa shape index (κ2) is 10.1. The molecular weight excluding hydrogens is 438 g/mol. The van der Waals surface area contributed by atoms with Crippen molar-refractivity contribution >= 4 is 11.5 Å². The Morgan fingerprint density at radius 3 is 2.89 bits per heavy atom. The second-order valence-corrected chi connectivity index (χ2v) is 9.84. The van der Waals surface area contributed by atoms with Gasteiger partial charge in [-0.05, 0) is 63.9 Å². The summed E-state index contributed by atoms with van der Waals surface area (Å²) in [6.45, 7) is 9.30. The summed E-state index contributed by atoms with van der Waals surface area (Å²) in [4.78, 5) is 16.8. The highest BCUT2D eigenvalue weighted by Gasteiger charge is 2.28. The van der Waals surface area contributed by atoms with Crippen LogP contribution in [0.3, 0.4) is 0 Å². The number of hydrogen-bond donors (Lipinski definition) is 1. The normalized spacial score (nSPS) is 20.2. The maximum absolute atomic E-state index is 9.18. The first-order chi connectivity index (χ1) is 17.0. The summed E-state index contributed by atoms with van der Waals surface area (Å²) in [5.74, 6) is 0.919. The number of rotatable bonds is 6. The van der Waals surface area contributed by atoms with Gasteiger partial charge in [-0.1, -0.05) is 12.1 Å². The molecule has 0 spiro atoms. The van der Waals surface area contributed by atoms with Gasteiger partial charge in [-0.25, -0.2) is 0 Å². The number of anilines is 2. The molecule has 1 saturated heterocycles. The Hall–Kier alpha value is -3.31. The molecule has 35 heavy (non-hydrogen) atoms. The molecule has 1 aromatic carbocycles. The molecule has 184 valence electrons. The molecule has 4 heterocycles. The van der Waals surface area contributed by atoms with Crippen molar-refractivity contribution in [3.8, 4) is 12.1 Å². The molecule has 8 heteroatoms. The Balaban J connectivity index is 1.47. The zero-order chi connectivity index (χ0) is 24.4. The van der Waals surface area contributed by atoms with Crippen LogP contribution in [0.15, 0.2) is 30.1 Å². The highest BCUT2D eigenvalue weighted by molar-refractivity contribution is 5.60. The van der Waals surface area contributed by atoms with E-state index in [4.69, 9.17) is 14.7 Å². The third-order valence-electron chi connectivity index (χ3n) is 7.57. The predicted octanol–water partition coefficient (Wildman–Crippen LogP) is 3.29. The number of fused-ring (bicyclic) bond motifs is 1. The maximum Gasteiger partial charge on any atom is 0.318 e. The van der Waals surface area contributed by atoms with E-state index in [1.165, 1.54) is 28.8 Å². The summed E-state index contributed by atoms with van der Waals surface area (Å²) in [5.41, 5.74) is 7.03. The minimum absolute atomic E-state index is 0.363. The van der Waals surface area contributed by atoms with Gasteiger partial charge in [0.2, 0.25) is 0 Å². The minimum Gasteiger partial charge on any atom is -0.462 e. The van der Waals surface area contributed by atoms with Crippen molar-refractivity contribution in [2.75, 3.05) is 49.6 Å². The number of benzene rings is 1. The van der Waals surface area contributed by atoms with E-state index in [2.05, 4.69) is 65.2 Å². The number of likely N-dealkylation sites (N-methyl/N-ethyl adjacent to an activating group) is 1. The van der Waals surface area contributed by atoms with E-state index in [0.717, 1.165) is 62.8 Å². The lowest BCUT2D eigenvalue weighted by Gasteiger charge is -2.35. The number of likely N-dealkylation sites (tertiary alicyclic amines) is 1. The fourth-order valence-electron chi connectivity index (χ4n) is 5.33. The molecular formula is C27H35N7O. The van der Waals surface area contributed by atoms with Crippen molar-refractivity contribution in [2.45, 2.75) is 52.1 Å². The predicted molar refractivity (Wildman–Crippen MR) is 138 cm³/mol. The van der Waals surface area contributed by atoms with E-state index in [1.807, 2.05) is 6.20 Å². The van der Waals surface area contributed by atoms with Crippen molar-refractivity contribution in [1.29, 1.82) is 5.26 Å². The number of aromatic nitrogens is 2. The first-order valence-electron chi connectivity index (χ1n) is 12.7. The van der Waals surface area contributed by atoms with Gasteiger partial charge in [0.15, 0.2) is 0 Å². The monoisotopic (exact) mass is 473 g/mol. The molecule has 2 aromatic rings. The quantitative estimate of drug-likeness (QED) is 0.685. The Morgan fingerprint density at radius 1 is 1.20 bits per heavy atom. The van der Waals surface area contributed by atoms with Crippen LogP contribution in [0.4, 0.5) is 11.5 Å². The fourth-order valence-corrected chi connectivity index (χ4v) is 5.33. The summed E-state index contributed by atoms with van der Waals surface area (Å²) >= 11 is 0. The van der Waals surface area contributed by atoms with E-state index >= 15 is 0 Å². The third-order valence-corrected chi connectivity index (χ3v) is 7.57. The molecule has 3 aliphatic rings. The smallest absolute Gasteiger partial charge is 0.318 e. The van der Waals surface area contributed by atoms with Crippen molar-refractivity contribution in [2.24, 2.45) is 0 Å². The van der Waals surface area contributed by atoms with Crippen LogP contribution in [-0.2, 0) is 13.0 Å². The van der Waals surface area contributed by atoms with Crippen LogP contribution in [0.25, 0.3) is 0 Å². The number of allylic oxidation sites excluding steroid dienone is 1. The Labute approximate surface area is 208 Å². The van der Waals surface area contributed by atoms with Gasteiger partial charge in [0.1, 0.15) is 12.4 Å². The summed E-state index contributed by atoms with van der Waals surface area (Å²) in [6, 6.07) is 9.61. The van der Waals surface area contributed by atoms with Crippen LogP contribution in [0, 0.1) is 25.2 Å². The van der Waals surface area contributed by atoms with Gasteiger partial charge in [0.05, 0.1) is 24.7 Å². The van der Waals surface area contributed by atoms with E-state index in [9.17, 15) is 5.26 Å². The molecule has 5 rings (SSSR count). The summed E-state index contributed by atoms with van der Waals surface area (Å²) in [5, 5.41) is 12.5. The van der Waals surface area contributed by atoms with Crippen LogP contribution < -0.4 is 19.9 Å². The van der Waals surface area contributed by atoms with Crippen LogP contribution in [0.5, 0.6) is 6.01 Å². The number of nitrogens with zero attached hydrogens (tertiary/aromatic N) is 6. The number of nitriles is 1. The van der Waals surface area contributed by atoms with Gasteiger partial charge in [0.25, 0.3) is 0 Å². The topological polar surface area (TPSA) is 80.6 Å². The van der Waals surface area contributed by atoms with Crippen LogP contribution >= 0.6 is 0 Å². The van der Waals surface area contributed by atoms with Gasteiger partial charge in [-0.2, -0.15) is 15.2 Å². The molecule has 0 aliphatic carbocycles. The lowest BCUT2D eigenvalue weighted by molar-refractivity contribution is 0.187. The molecule has 8 nitrogen and oxygen atoms in total. The molecule has 0 bridgehead atoms. The van der Waals surface area contributed by atoms with Gasteiger partial charge < -0.3 is 24.8 Å². The van der Waals surface area contributed by atoms with Gasteiger partial charge in [-0.3, -0.25) is 0 Å². The van der Waals surface area contributed by atoms with Crippen LogP contribution in [0.2, 0.25) is 0 Å². The van der Waals surface area contributed by atoms with Crippen LogP contribution in [-0.4, -0.2) is 60.7 Å². The van der Waals surface area contributed by atoms with Gasteiger partial charge in [0, 0.05) is 48.8 Å². The number of aryl methyl sites for hydroxylation is 1. The number of hydrogen-bond acceptors (Lipinski definition) is 8. The van der Waals surface area contributed by atoms with Gasteiger partial charge in [-0.15, -0.1) is 0 Å². The van der Waals surface area contributed by atoms with Crippen molar-refractivity contribution in [3.05, 3.63) is 52.5 Å². The Kier molecular flexibility index (Phi) is 6.78. The number of ether oxygens (including phenoxy) is 1. The lowest BCUT2D eigenvalue weighted by Crippen LogP contribution is -2.38. The van der Waals surface area contributed by atoms with Crippen molar-refractivity contribution in [1.82, 2.24) is 20.2 Å². The zero-order valence-electron chi connectivity index (χ0n) is 21.0. The fraction of sp³-hybridized carbons (Fsp3) is 0.519. The highest BCUT2D eigenvalue weighted by atomic mass is 16.5. The van der Waals surface area contributed by atoms with E-state index in [0.29, 0.717) is 25.1 Å². The van der Waals surface area contributed by atoms with E-state index in [1.54, 1.807) is 0 Å². The van der Waals surface area contributed by atoms with E-state index < -0.39 is 0 Å². The minimum atomic E-state index is 0.363. The maximum atomic E-state index is 9.18. The first-order valence-corrected chi connectivity index (χ1v) is 12.7. The van der Waals surface area contributed by atoms with Gasteiger partial charge >= 0.3 is 6.01 Å². The summed E-state index contributed by atoms with van der Waals surface area (Å²) < 4.78 is 6.22. The SMILES string of the molecule is Cc1cccc(N2CCc3c(nc(OC[C@@H]4CCCN4C)nc3N3C=C(CC#N)NCC3)C2)c1C. The Bertz CT molecular complexity index is 1150. The highest BCUT2D eigenvalue weighted by Crippen LogP contribution is 2.33. The molecule has 1 atom stereocenters. The molecule has 0 unspecified atom stereocenters. The largest absolute Gasteiger partial charge is 0.462 e. The zero-order valence-corrected chi connectivity index (χ0v) is 21.0. The standard InChI is InChI=1S/C27H35N7O/c1-19-6-4-8-25(20(19)2)33-14-10-23-24(17-33)30-27(35-18-22-7-5-13-32(22)3)31-26(23)34-15-12-29-21(16-34)9-11-28/h4,6,8,16,22,29H,5,7,9-10,12-15,17-18H2,1-3H3/t22-/m0/s1. The van der Waals surface area contributed by atoms with Crippen molar-refractivity contribution in [3.63, 3.8) is 0 Å². The molecule has 0 radical (unpaired) electrons. The molecule has 1 N–H and O–H groups in total. The summed E-state index contributed by atoms with van der Waals surface area (Å²) in [6.07, 6.45) is 5.61. The molecule has 1 fully saturated rings.